The van der Waals surface area contributed by atoms with Crippen molar-refractivity contribution in [1.29, 1.82) is 0 Å². The molecule has 1 aliphatic heterocycles. The molecular weight excluding hydrogens is 332 g/mol. The van der Waals surface area contributed by atoms with Crippen LogP contribution < -0.4 is 21.3 Å². The summed E-state index contributed by atoms with van der Waals surface area (Å²) in [5.41, 5.74) is 3.17. The minimum atomic E-state index is -0.498. The molecule has 0 saturated carbocycles. The lowest BCUT2D eigenvalue weighted by Gasteiger charge is -2.34. The summed E-state index contributed by atoms with van der Waals surface area (Å²) in [7, 11) is 0. The van der Waals surface area contributed by atoms with Crippen molar-refractivity contribution in [1.82, 2.24) is 15.6 Å². The maximum atomic E-state index is 12.1. The van der Waals surface area contributed by atoms with E-state index in [2.05, 4.69) is 17.7 Å². The number of unbranched alkanes of at least 4 members (excludes halogenated alkanes) is 3. The maximum Gasteiger partial charge on any atom is 0.237 e. The van der Waals surface area contributed by atoms with Gasteiger partial charge in [-0.25, -0.2) is 5.84 Å². The lowest BCUT2D eigenvalue weighted by Crippen LogP contribution is -2.56. The molecule has 7 heteroatoms. The first-order valence-electron chi connectivity index (χ1n) is 9.37. The van der Waals surface area contributed by atoms with Crippen LogP contribution in [0.4, 0.5) is 0 Å². The molecule has 1 aromatic rings. The third-order valence-electron chi connectivity index (χ3n) is 4.56. The van der Waals surface area contributed by atoms with Crippen LogP contribution in [-0.2, 0) is 16.1 Å². The third kappa shape index (κ3) is 6.31. The van der Waals surface area contributed by atoms with Gasteiger partial charge in [-0.15, -0.1) is 0 Å². The number of hydrazine groups is 1. The van der Waals surface area contributed by atoms with Crippen molar-refractivity contribution in [2.24, 2.45) is 5.84 Å². The van der Waals surface area contributed by atoms with Crippen LogP contribution in [0.2, 0.25) is 0 Å². The molecule has 1 heterocycles. The second-order valence-electron chi connectivity index (χ2n) is 6.60. The molecule has 7 nitrogen and oxygen atoms in total. The van der Waals surface area contributed by atoms with Crippen molar-refractivity contribution in [2.75, 3.05) is 19.7 Å². The molecule has 0 aromatic heterocycles. The van der Waals surface area contributed by atoms with Gasteiger partial charge >= 0.3 is 0 Å². The van der Waals surface area contributed by atoms with Crippen molar-refractivity contribution in [2.45, 2.75) is 51.6 Å². The Hall–Kier alpha value is -2.12. The van der Waals surface area contributed by atoms with E-state index in [0.29, 0.717) is 19.6 Å². The molecule has 2 rings (SSSR count). The zero-order valence-electron chi connectivity index (χ0n) is 15.5. The first-order valence-corrected chi connectivity index (χ1v) is 9.37. The van der Waals surface area contributed by atoms with E-state index in [9.17, 15) is 9.59 Å². The van der Waals surface area contributed by atoms with Gasteiger partial charge in [-0.05, 0) is 24.1 Å². The second-order valence-corrected chi connectivity index (χ2v) is 6.60. The van der Waals surface area contributed by atoms with Gasteiger partial charge in [0.15, 0.2) is 0 Å². The number of hydrogen-bond acceptors (Lipinski definition) is 5. The minimum absolute atomic E-state index is 0.0568. The standard InChI is InChI=1S/C19H30N4O3/c1-2-3-4-5-12-26-16-8-6-15(7-9-16)14-23-11-10-21-19(25)17(23)13-18(24)22-20/h6-9,17H,2-5,10-14,20H2,1H3,(H,21,25)(H,22,24). The van der Waals surface area contributed by atoms with Gasteiger partial charge in [-0.1, -0.05) is 38.3 Å². The zero-order valence-corrected chi connectivity index (χ0v) is 15.5. The molecule has 1 unspecified atom stereocenters. The van der Waals surface area contributed by atoms with Crippen molar-refractivity contribution >= 4 is 11.8 Å². The maximum absolute atomic E-state index is 12.1. The van der Waals surface area contributed by atoms with E-state index in [0.717, 1.165) is 24.3 Å². The van der Waals surface area contributed by atoms with Gasteiger partial charge in [-0.3, -0.25) is 19.9 Å². The Kier molecular flexibility index (Phi) is 8.37. The van der Waals surface area contributed by atoms with E-state index in [-0.39, 0.29) is 18.2 Å². The summed E-state index contributed by atoms with van der Waals surface area (Å²) < 4.78 is 5.76. The zero-order chi connectivity index (χ0) is 18.8. The lowest BCUT2D eigenvalue weighted by atomic mass is 10.1. The fourth-order valence-electron chi connectivity index (χ4n) is 3.05. The molecule has 2 amide bonds. The van der Waals surface area contributed by atoms with E-state index in [4.69, 9.17) is 10.6 Å². The average molecular weight is 362 g/mol. The van der Waals surface area contributed by atoms with Crippen molar-refractivity contribution in [3.05, 3.63) is 29.8 Å². The van der Waals surface area contributed by atoms with E-state index < -0.39 is 6.04 Å². The molecule has 1 aromatic carbocycles. The fourth-order valence-corrected chi connectivity index (χ4v) is 3.05. The molecule has 1 atom stereocenters. The Bertz CT molecular complexity index is 577. The predicted octanol–water partition coefficient (Wildman–Crippen LogP) is 1.33. The van der Waals surface area contributed by atoms with E-state index in [1.54, 1.807) is 0 Å². The molecule has 1 saturated heterocycles. The van der Waals surface area contributed by atoms with Crippen LogP contribution in [0.1, 0.15) is 44.6 Å². The van der Waals surface area contributed by atoms with E-state index in [1.165, 1.54) is 19.3 Å². The molecule has 0 bridgehead atoms. The molecule has 0 aliphatic carbocycles. The van der Waals surface area contributed by atoms with Gasteiger partial charge in [0.25, 0.3) is 0 Å². The van der Waals surface area contributed by atoms with Crippen LogP contribution in [0.25, 0.3) is 0 Å². The number of nitrogens with two attached hydrogens (primary N) is 1. The second kappa shape index (κ2) is 10.8. The van der Waals surface area contributed by atoms with Crippen molar-refractivity contribution in [3.8, 4) is 5.75 Å². The topological polar surface area (TPSA) is 96.7 Å². The van der Waals surface area contributed by atoms with Gasteiger partial charge in [0.1, 0.15) is 5.75 Å². The number of rotatable bonds is 10. The van der Waals surface area contributed by atoms with Gasteiger partial charge < -0.3 is 10.1 Å². The molecule has 0 spiro atoms. The van der Waals surface area contributed by atoms with E-state index in [1.807, 2.05) is 29.2 Å². The SMILES string of the molecule is CCCCCCOc1ccc(CN2CCNC(=O)C2CC(=O)NN)cc1. The lowest BCUT2D eigenvalue weighted by molar-refractivity contribution is -0.134. The number of piperazine rings is 1. The van der Waals surface area contributed by atoms with E-state index >= 15 is 0 Å². The Morgan fingerprint density at radius 3 is 2.77 bits per heavy atom. The number of ether oxygens (including phenoxy) is 1. The quantitative estimate of drug-likeness (QED) is 0.252. The fraction of sp³-hybridized carbons (Fsp3) is 0.579. The van der Waals surface area contributed by atoms with Crippen LogP contribution in [0.5, 0.6) is 5.75 Å². The van der Waals surface area contributed by atoms with Crippen LogP contribution in [0.3, 0.4) is 0 Å². The highest BCUT2D eigenvalue weighted by molar-refractivity contribution is 5.88. The summed E-state index contributed by atoms with van der Waals surface area (Å²) in [5.74, 6) is 5.54. The number of nitrogens with one attached hydrogen (secondary N) is 2. The number of hydrogen-bond donors (Lipinski definition) is 3. The van der Waals surface area contributed by atoms with Crippen molar-refractivity contribution in [3.63, 3.8) is 0 Å². The van der Waals surface area contributed by atoms with Crippen molar-refractivity contribution < 1.29 is 14.3 Å². The van der Waals surface area contributed by atoms with Gasteiger partial charge in [0, 0.05) is 19.6 Å². The van der Waals surface area contributed by atoms with Gasteiger partial charge in [0.2, 0.25) is 11.8 Å². The number of nitrogens with zero attached hydrogens (tertiary/aromatic N) is 1. The minimum Gasteiger partial charge on any atom is -0.494 e. The molecule has 26 heavy (non-hydrogen) atoms. The number of carbonyl (C=O) groups is 2. The summed E-state index contributed by atoms with van der Waals surface area (Å²) >= 11 is 0. The molecule has 4 N–H and O–H groups in total. The van der Waals surface area contributed by atoms with Crippen LogP contribution >= 0.6 is 0 Å². The highest BCUT2D eigenvalue weighted by Crippen LogP contribution is 2.17. The summed E-state index contributed by atoms with van der Waals surface area (Å²) in [6.45, 7) is 4.82. The Balaban J connectivity index is 1.87. The first kappa shape index (κ1) is 20.2. The third-order valence-corrected chi connectivity index (χ3v) is 4.56. The molecule has 0 radical (unpaired) electrons. The van der Waals surface area contributed by atoms with Crippen LogP contribution in [0.15, 0.2) is 24.3 Å². The van der Waals surface area contributed by atoms with Crippen LogP contribution in [-0.4, -0.2) is 42.5 Å². The Morgan fingerprint density at radius 1 is 1.31 bits per heavy atom. The highest BCUT2D eigenvalue weighted by atomic mass is 16.5. The average Bonchev–Trinajstić information content (AvgIpc) is 2.65. The molecule has 144 valence electrons. The largest absolute Gasteiger partial charge is 0.494 e. The molecular formula is C19H30N4O3. The number of amides is 2. The Morgan fingerprint density at radius 2 is 2.08 bits per heavy atom. The van der Waals surface area contributed by atoms with Gasteiger partial charge in [0.05, 0.1) is 19.1 Å². The smallest absolute Gasteiger partial charge is 0.237 e. The van der Waals surface area contributed by atoms with Gasteiger partial charge in [-0.2, -0.15) is 0 Å². The summed E-state index contributed by atoms with van der Waals surface area (Å²) in [6.07, 6.45) is 4.79. The van der Waals surface area contributed by atoms with Crippen LogP contribution in [0, 0.1) is 0 Å². The normalized spacial score (nSPS) is 17.6. The molecule has 1 aliphatic rings. The monoisotopic (exact) mass is 362 g/mol. The molecule has 1 fully saturated rings. The summed E-state index contributed by atoms with van der Waals surface area (Å²) in [5, 5.41) is 2.80. The number of carbonyl (C=O) groups excluding carboxylic acids is 2. The Labute approximate surface area is 155 Å². The summed E-state index contributed by atoms with van der Waals surface area (Å²) in [6, 6.07) is 7.44. The first-order chi connectivity index (χ1) is 12.6. The predicted molar refractivity (Wildman–Crippen MR) is 100 cm³/mol. The summed E-state index contributed by atoms with van der Waals surface area (Å²) in [4.78, 5) is 25.7. The highest BCUT2D eigenvalue weighted by Gasteiger charge is 2.31. The number of benzene rings is 1.